The van der Waals surface area contributed by atoms with Crippen LogP contribution in [0.4, 0.5) is 5.69 Å². The maximum atomic E-state index is 5.80. The molecule has 1 aromatic carbocycles. The van der Waals surface area contributed by atoms with E-state index in [1.165, 1.54) is 0 Å². The van der Waals surface area contributed by atoms with Gasteiger partial charge in [-0.2, -0.15) is 4.98 Å². The smallest absolute Gasteiger partial charge is 0.264 e. The van der Waals surface area contributed by atoms with Crippen LogP contribution < -0.4 is 10.5 Å². The lowest BCUT2D eigenvalue weighted by Gasteiger charge is -2.05. The van der Waals surface area contributed by atoms with Gasteiger partial charge in [-0.05, 0) is 19.1 Å². The zero-order chi connectivity index (χ0) is 14.7. The van der Waals surface area contributed by atoms with Gasteiger partial charge in [-0.3, -0.25) is 0 Å². The van der Waals surface area contributed by atoms with Crippen LogP contribution in [-0.4, -0.2) is 15.1 Å². The summed E-state index contributed by atoms with van der Waals surface area (Å²) < 4.78 is 10.7. The van der Waals surface area contributed by atoms with E-state index in [-0.39, 0.29) is 6.61 Å². The Kier molecular flexibility index (Phi) is 3.83. The van der Waals surface area contributed by atoms with Gasteiger partial charge in [-0.25, -0.2) is 4.98 Å². The van der Waals surface area contributed by atoms with Crippen LogP contribution in [0, 0.1) is 6.92 Å². The Bertz CT molecular complexity index is 738. The fraction of sp³-hybridized carbons (Fsp3) is 0.214. The minimum Gasteiger partial charge on any atom is -0.482 e. The number of thiazole rings is 1. The number of aromatic nitrogens is 3. The van der Waals surface area contributed by atoms with Crippen molar-refractivity contribution in [3.05, 3.63) is 52.1 Å². The van der Waals surface area contributed by atoms with E-state index in [2.05, 4.69) is 15.1 Å². The van der Waals surface area contributed by atoms with Gasteiger partial charge >= 0.3 is 0 Å². The van der Waals surface area contributed by atoms with E-state index in [9.17, 15) is 0 Å². The lowest BCUT2D eigenvalue weighted by Crippen LogP contribution is -1.99. The van der Waals surface area contributed by atoms with E-state index in [4.69, 9.17) is 15.0 Å². The predicted molar refractivity (Wildman–Crippen MR) is 79.1 cm³/mol. The fourth-order valence-corrected chi connectivity index (χ4v) is 2.44. The van der Waals surface area contributed by atoms with E-state index in [1.54, 1.807) is 23.5 Å². The Labute approximate surface area is 125 Å². The third-order valence-electron chi connectivity index (χ3n) is 2.79. The molecule has 6 nitrogen and oxygen atoms in total. The molecule has 0 saturated heterocycles. The first-order valence-electron chi connectivity index (χ1n) is 6.40. The molecular formula is C14H14N4O2S. The molecule has 21 heavy (non-hydrogen) atoms. The minimum atomic E-state index is 0.192. The molecule has 0 amide bonds. The zero-order valence-electron chi connectivity index (χ0n) is 11.4. The zero-order valence-corrected chi connectivity index (χ0v) is 12.3. The van der Waals surface area contributed by atoms with Crippen molar-refractivity contribution in [1.82, 2.24) is 15.1 Å². The Hall–Kier alpha value is -2.41. The Morgan fingerprint density at radius 3 is 2.90 bits per heavy atom. The van der Waals surface area contributed by atoms with Gasteiger partial charge in [-0.15, -0.1) is 11.3 Å². The third kappa shape index (κ3) is 3.38. The van der Waals surface area contributed by atoms with Crippen molar-refractivity contribution < 1.29 is 9.26 Å². The lowest BCUT2D eigenvalue weighted by molar-refractivity contribution is 0.243. The largest absolute Gasteiger partial charge is 0.482 e. The highest BCUT2D eigenvalue weighted by molar-refractivity contribution is 7.09. The molecule has 3 rings (SSSR count). The maximum absolute atomic E-state index is 5.80. The molecule has 0 atom stereocenters. The first-order chi connectivity index (χ1) is 10.2. The predicted octanol–water partition coefficient (Wildman–Crippen LogP) is 2.59. The topological polar surface area (TPSA) is 87.1 Å². The summed E-state index contributed by atoms with van der Waals surface area (Å²) in [4.78, 5) is 8.65. The van der Waals surface area contributed by atoms with Crippen LogP contribution in [0.1, 0.15) is 22.4 Å². The minimum absolute atomic E-state index is 0.192. The van der Waals surface area contributed by atoms with Crippen molar-refractivity contribution >= 4 is 17.0 Å². The summed E-state index contributed by atoms with van der Waals surface area (Å²) >= 11 is 1.60. The number of nitrogens with zero attached hydrogens (tertiary/aromatic N) is 3. The molecule has 108 valence electrons. The molecule has 0 bridgehead atoms. The van der Waals surface area contributed by atoms with E-state index >= 15 is 0 Å². The van der Waals surface area contributed by atoms with Crippen LogP contribution in [0.2, 0.25) is 0 Å². The van der Waals surface area contributed by atoms with Crippen LogP contribution in [-0.2, 0) is 13.0 Å². The number of anilines is 1. The highest BCUT2D eigenvalue weighted by Gasteiger charge is 2.10. The number of rotatable bonds is 5. The molecule has 2 heterocycles. The number of hydrogen-bond donors (Lipinski definition) is 1. The summed E-state index contributed by atoms with van der Waals surface area (Å²) in [7, 11) is 0. The van der Waals surface area contributed by atoms with Crippen molar-refractivity contribution in [3.63, 3.8) is 0 Å². The van der Waals surface area contributed by atoms with Crippen LogP contribution >= 0.6 is 11.3 Å². The second-order valence-corrected chi connectivity index (χ2v) is 5.53. The summed E-state index contributed by atoms with van der Waals surface area (Å²) in [6, 6.07) is 7.28. The number of benzene rings is 1. The molecule has 0 aliphatic rings. The monoisotopic (exact) mass is 302 g/mol. The number of para-hydroxylation sites is 2. The SMILES string of the molecule is Cc1nc(Cc2noc(COc3ccccc3N)n2)cs1. The van der Waals surface area contributed by atoms with E-state index in [1.807, 2.05) is 24.4 Å². The first kappa shape index (κ1) is 13.6. The second kappa shape index (κ2) is 5.92. The van der Waals surface area contributed by atoms with Crippen LogP contribution in [0.5, 0.6) is 5.75 Å². The molecule has 0 fully saturated rings. The summed E-state index contributed by atoms with van der Waals surface area (Å²) in [5.74, 6) is 1.62. The van der Waals surface area contributed by atoms with Gasteiger partial charge in [0.2, 0.25) is 0 Å². The standard InChI is InChI=1S/C14H14N4O2S/c1-9-16-10(8-21-9)6-13-17-14(20-18-13)7-19-12-5-3-2-4-11(12)15/h2-5,8H,6-7,15H2,1H3. The average Bonchev–Trinajstić information content (AvgIpc) is 3.08. The highest BCUT2D eigenvalue weighted by Crippen LogP contribution is 2.20. The summed E-state index contributed by atoms with van der Waals surface area (Å²) in [6.07, 6.45) is 0.557. The molecule has 2 aromatic heterocycles. The van der Waals surface area contributed by atoms with Crippen molar-refractivity contribution in [1.29, 1.82) is 0 Å². The molecule has 0 radical (unpaired) electrons. The van der Waals surface area contributed by atoms with Gasteiger partial charge in [-0.1, -0.05) is 17.3 Å². The molecule has 3 aromatic rings. The van der Waals surface area contributed by atoms with Crippen LogP contribution in [0.15, 0.2) is 34.2 Å². The van der Waals surface area contributed by atoms with Crippen molar-refractivity contribution in [2.24, 2.45) is 0 Å². The number of aryl methyl sites for hydroxylation is 1. The number of hydrogen-bond acceptors (Lipinski definition) is 7. The van der Waals surface area contributed by atoms with Gasteiger partial charge in [0, 0.05) is 5.38 Å². The van der Waals surface area contributed by atoms with E-state index in [0.717, 1.165) is 10.7 Å². The normalized spacial score (nSPS) is 10.7. The summed E-state index contributed by atoms with van der Waals surface area (Å²) in [5, 5.41) is 6.94. The quantitative estimate of drug-likeness (QED) is 0.729. The van der Waals surface area contributed by atoms with Crippen LogP contribution in [0.25, 0.3) is 0 Å². The Balaban J connectivity index is 1.61. The van der Waals surface area contributed by atoms with Gasteiger partial charge in [0.15, 0.2) is 12.4 Å². The average molecular weight is 302 g/mol. The van der Waals surface area contributed by atoms with Crippen LogP contribution in [0.3, 0.4) is 0 Å². The number of ether oxygens (including phenoxy) is 1. The van der Waals surface area contributed by atoms with E-state index in [0.29, 0.717) is 29.6 Å². The molecule has 0 aliphatic heterocycles. The molecular weight excluding hydrogens is 288 g/mol. The molecule has 0 spiro atoms. The van der Waals surface area contributed by atoms with Gasteiger partial charge in [0.05, 0.1) is 22.8 Å². The number of nitrogen functional groups attached to an aromatic ring is 1. The molecule has 7 heteroatoms. The molecule has 0 aliphatic carbocycles. The first-order valence-corrected chi connectivity index (χ1v) is 7.28. The lowest BCUT2D eigenvalue weighted by atomic mass is 10.3. The Morgan fingerprint density at radius 2 is 2.14 bits per heavy atom. The second-order valence-electron chi connectivity index (χ2n) is 4.47. The highest BCUT2D eigenvalue weighted by atomic mass is 32.1. The van der Waals surface area contributed by atoms with Gasteiger partial charge in [0.25, 0.3) is 5.89 Å². The van der Waals surface area contributed by atoms with Crippen molar-refractivity contribution in [2.45, 2.75) is 20.0 Å². The van der Waals surface area contributed by atoms with Crippen molar-refractivity contribution in [2.75, 3.05) is 5.73 Å². The van der Waals surface area contributed by atoms with Gasteiger partial charge < -0.3 is 15.0 Å². The maximum Gasteiger partial charge on any atom is 0.264 e. The van der Waals surface area contributed by atoms with Crippen molar-refractivity contribution in [3.8, 4) is 5.75 Å². The summed E-state index contributed by atoms with van der Waals surface area (Å²) in [6.45, 7) is 2.16. The third-order valence-corrected chi connectivity index (χ3v) is 3.61. The fourth-order valence-electron chi connectivity index (χ4n) is 1.82. The molecule has 2 N–H and O–H groups in total. The molecule has 0 saturated carbocycles. The van der Waals surface area contributed by atoms with Gasteiger partial charge in [0.1, 0.15) is 5.75 Å². The van der Waals surface area contributed by atoms with E-state index < -0.39 is 0 Å². The summed E-state index contributed by atoms with van der Waals surface area (Å²) in [5.41, 5.74) is 7.32. The molecule has 0 unspecified atom stereocenters. The number of nitrogens with two attached hydrogens (primary N) is 1. The Morgan fingerprint density at radius 1 is 1.29 bits per heavy atom.